The van der Waals surface area contributed by atoms with E-state index in [4.69, 9.17) is 16.0 Å². The van der Waals surface area contributed by atoms with Crippen molar-refractivity contribution in [1.82, 2.24) is 5.32 Å². The largest absolute Gasteiger partial charge is 0.464 e. The van der Waals surface area contributed by atoms with E-state index in [1.807, 2.05) is 56.3 Å². The maximum atomic E-state index is 12.0. The molecule has 0 saturated carbocycles. The summed E-state index contributed by atoms with van der Waals surface area (Å²) in [6.45, 7) is 3.73. The number of carbonyl (C=O) groups excluding carboxylic acids is 1. The lowest BCUT2D eigenvalue weighted by Crippen LogP contribution is -2.29. The lowest BCUT2D eigenvalue weighted by molar-refractivity contribution is -0.121. The average molecular weight is 278 g/mol. The molecule has 1 heterocycles. The highest BCUT2D eigenvalue weighted by molar-refractivity contribution is 6.30. The molecule has 4 heteroatoms. The first-order valence-electron chi connectivity index (χ1n) is 6.13. The maximum absolute atomic E-state index is 12.0. The minimum Gasteiger partial charge on any atom is -0.464 e. The van der Waals surface area contributed by atoms with Crippen LogP contribution in [0, 0.1) is 6.92 Å². The second-order valence-electron chi connectivity index (χ2n) is 4.45. The highest BCUT2D eigenvalue weighted by Gasteiger charge is 2.20. The van der Waals surface area contributed by atoms with Gasteiger partial charge in [0.25, 0.3) is 0 Å². The molecule has 0 bridgehead atoms. The molecule has 3 nitrogen and oxygen atoms in total. The van der Waals surface area contributed by atoms with E-state index in [0.717, 1.165) is 17.1 Å². The third kappa shape index (κ3) is 3.38. The van der Waals surface area contributed by atoms with Gasteiger partial charge in [-0.05, 0) is 31.5 Å². The number of carbonyl (C=O) groups is 1. The van der Waals surface area contributed by atoms with E-state index < -0.39 is 5.38 Å². The van der Waals surface area contributed by atoms with Gasteiger partial charge in [-0.1, -0.05) is 30.3 Å². The Morgan fingerprint density at radius 1 is 1.21 bits per heavy atom. The van der Waals surface area contributed by atoms with E-state index in [9.17, 15) is 4.79 Å². The van der Waals surface area contributed by atoms with Gasteiger partial charge in [0, 0.05) is 0 Å². The van der Waals surface area contributed by atoms with Crippen LogP contribution in [0.2, 0.25) is 0 Å². The van der Waals surface area contributed by atoms with Crippen LogP contribution in [0.4, 0.5) is 0 Å². The molecule has 1 aromatic heterocycles. The normalized spacial score (nSPS) is 13.8. The number of hydrogen-bond acceptors (Lipinski definition) is 2. The molecule has 0 saturated heterocycles. The van der Waals surface area contributed by atoms with Crippen molar-refractivity contribution in [3.63, 3.8) is 0 Å². The summed E-state index contributed by atoms with van der Waals surface area (Å²) in [6, 6.07) is 12.8. The first-order valence-corrected chi connectivity index (χ1v) is 6.57. The molecule has 2 rings (SSSR count). The summed E-state index contributed by atoms with van der Waals surface area (Å²) in [4.78, 5) is 12.0. The van der Waals surface area contributed by atoms with Crippen molar-refractivity contribution < 1.29 is 9.21 Å². The highest BCUT2D eigenvalue weighted by atomic mass is 35.5. The monoisotopic (exact) mass is 277 g/mol. The summed E-state index contributed by atoms with van der Waals surface area (Å²) in [5.74, 6) is 1.32. The number of benzene rings is 1. The predicted octanol–water partition coefficient (Wildman–Crippen LogP) is 3.75. The number of alkyl halides is 1. The average Bonchev–Trinajstić information content (AvgIpc) is 2.85. The molecule has 2 unspecified atom stereocenters. The van der Waals surface area contributed by atoms with Crippen LogP contribution >= 0.6 is 11.6 Å². The Labute approximate surface area is 117 Å². The highest BCUT2D eigenvalue weighted by Crippen LogP contribution is 2.22. The van der Waals surface area contributed by atoms with Gasteiger partial charge in [0.2, 0.25) is 5.91 Å². The molecule has 0 spiro atoms. The predicted molar refractivity (Wildman–Crippen MR) is 75.0 cm³/mol. The Hall–Kier alpha value is -1.74. The second kappa shape index (κ2) is 5.93. The zero-order valence-electron chi connectivity index (χ0n) is 10.9. The van der Waals surface area contributed by atoms with Gasteiger partial charge in [-0.25, -0.2) is 0 Å². The topological polar surface area (TPSA) is 42.2 Å². The second-order valence-corrected chi connectivity index (χ2v) is 4.89. The Bertz CT molecular complexity index is 550. The molecule has 1 N–H and O–H groups in total. The Morgan fingerprint density at radius 2 is 1.89 bits per heavy atom. The van der Waals surface area contributed by atoms with Crippen molar-refractivity contribution in [2.75, 3.05) is 0 Å². The summed E-state index contributed by atoms with van der Waals surface area (Å²) in [5, 5.41) is 2.15. The Balaban J connectivity index is 2.01. The van der Waals surface area contributed by atoms with Crippen molar-refractivity contribution in [2.24, 2.45) is 0 Å². The van der Waals surface area contributed by atoms with E-state index in [1.54, 1.807) is 0 Å². The van der Waals surface area contributed by atoms with Crippen LogP contribution in [0.1, 0.15) is 35.4 Å². The minimum absolute atomic E-state index is 0.203. The van der Waals surface area contributed by atoms with Crippen LogP contribution in [0.3, 0.4) is 0 Å². The van der Waals surface area contributed by atoms with E-state index in [1.165, 1.54) is 0 Å². The third-order valence-corrected chi connectivity index (χ3v) is 3.32. The number of aryl methyl sites for hydroxylation is 1. The smallest absolute Gasteiger partial charge is 0.243 e. The minimum atomic E-state index is -0.695. The van der Waals surface area contributed by atoms with E-state index >= 15 is 0 Å². The Kier molecular flexibility index (Phi) is 4.27. The number of furan rings is 1. The quantitative estimate of drug-likeness (QED) is 0.865. The summed E-state index contributed by atoms with van der Waals surface area (Å²) in [7, 11) is 0. The van der Waals surface area contributed by atoms with Gasteiger partial charge in [-0.2, -0.15) is 0 Å². The molecule has 19 heavy (non-hydrogen) atoms. The molecular weight excluding hydrogens is 262 g/mol. The van der Waals surface area contributed by atoms with E-state index in [2.05, 4.69) is 5.32 Å². The third-order valence-electron chi connectivity index (χ3n) is 2.87. The first-order chi connectivity index (χ1) is 9.08. The SMILES string of the molecule is Cc1ccc(C(C)NC(=O)C(Cl)c2ccccc2)o1. The van der Waals surface area contributed by atoms with Crippen molar-refractivity contribution in [3.05, 3.63) is 59.5 Å². The fourth-order valence-electron chi connectivity index (χ4n) is 1.82. The van der Waals surface area contributed by atoms with Crippen molar-refractivity contribution in [2.45, 2.75) is 25.3 Å². The lowest BCUT2D eigenvalue weighted by atomic mass is 10.1. The number of halogens is 1. The van der Waals surface area contributed by atoms with Crippen LogP contribution < -0.4 is 5.32 Å². The molecular formula is C15H16ClNO2. The van der Waals surface area contributed by atoms with E-state index in [-0.39, 0.29) is 11.9 Å². The van der Waals surface area contributed by atoms with Crippen LogP contribution in [-0.4, -0.2) is 5.91 Å². The van der Waals surface area contributed by atoms with Gasteiger partial charge >= 0.3 is 0 Å². The van der Waals surface area contributed by atoms with E-state index in [0.29, 0.717) is 0 Å². The zero-order chi connectivity index (χ0) is 13.8. The Morgan fingerprint density at radius 3 is 2.47 bits per heavy atom. The van der Waals surface area contributed by atoms with Crippen LogP contribution in [0.15, 0.2) is 46.9 Å². The fourth-order valence-corrected chi connectivity index (χ4v) is 2.03. The van der Waals surface area contributed by atoms with Crippen molar-refractivity contribution in [3.8, 4) is 0 Å². The fraction of sp³-hybridized carbons (Fsp3) is 0.267. The number of amides is 1. The zero-order valence-corrected chi connectivity index (χ0v) is 11.6. The first kappa shape index (κ1) is 13.7. The van der Waals surface area contributed by atoms with Gasteiger partial charge in [0.15, 0.2) is 0 Å². The number of hydrogen-bond donors (Lipinski definition) is 1. The van der Waals surface area contributed by atoms with Gasteiger partial charge in [0.05, 0.1) is 6.04 Å². The molecule has 1 amide bonds. The standard InChI is InChI=1S/C15H16ClNO2/c1-10-8-9-13(19-10)11(2)17-15(18)14(16)12-6-4-3-5-7-12/h3-9,11,14H,1-2H3,(H,17,18). The lowest BCUT2D eigenvalue weighted by Gasteiger charge is -2.15. The molecule has 0 aliphatic rings. The molecule has 0 radical (unpaired) electrons. The van der Waals surface area contributed by atoms with Crippen LogP contribution in [0.5, 0.6) is 0 Å². The van der Waals surface area contributed by atoms with Gasteiger partial charge < -0.3 is 9.73 Å². The van der Waals surface area contributed by atoms with Crippen LogP contribution in [0.25, 0.3) is 0 Å². The molecule has 2 atom stereocenters. The van der Waals surface area contributed by atoms with Gasteiger partial charge in [-0.15, -0.1) is 11.6 Å². The molecule has 100 valence electrons. The molecule has 2 aromatic rings. The summed E-state index contributed by atoms with van der Waals surface area (Å²) in [5.41, 5.74) is 0.782. The summed E-state index contributed by atoms with van der Waals surface area (Å²) in [6.07, 6.45) is 0. The van der Waals surface area contributed by atoms with Gasteiger partial charge in [0.1, 0.15) is 16.9 Å². The maximum Gasteiger partial charge on any atom is 0.243 e. The molecule has 0 aliphatic heterocycles. The van der Waals surface area contributed by atoms with Gasteiger partial charge in [-0.3, -0.25) is 4.79 Å². The number of nitrogens with one attached hydrogen (secondary N) is 1. The molecule has 0 fully saturated rings. The summed E-state index contributed by atoms with van der Waals surface area (Å²) >= 11 is 6.15. The number of rotatable bonds is 4. The van der Waals surface area contributed by atoms with Crippen molar-refractivity contribution in [1.29, 1.82) is 0 Å². The summed E-state index contributed by atoms with van der Waals surface area (Å²) < 4.78 is 5.47. The van der Waals surface area contributed by atoms with Crippen molar-refractivity contribution >= 4 is 17.5 Å². The molecule has 1 aromatic carbocycles. The van der Waals surface area contributed by atoms with Crippen LogP contribution in [-0.2, 0) is 4.79 Å². The molecule has 0 aliphatic carbocycles.